The first kappa shape index (κ1) is 20.4. The van der Waals surface area contributed by atoms with Gasteiger partial charge in [0.2, 0.25) is 6.79 Å². The second-order valence-corrected chi connectivity index (χ2v) is 8.13. The van der Waals surface area contributed by atoms with Crippen LogP contribution in [0.15, 0.2) is 48.2 Å². The van der Waals surface area contributed by atoms with Gasteiger partial charge in [0, 0.05) is 26.2 Å². The summed E-state index contributed by atoms with van der Waals surface area (Å²) in [6.07, 6.45) is 0. The van der Waals surface area contributed by atoms with Crippen LogP contribution in [0.1, 0.15) is 11.1 Å². The highest BCUT2D eigenvalue weighted by molar-refractivity contribution is 6.35. The Balaban J connectivity index is 1.49. The maximum absolute atomic E-state index is 13.6. The van der Waals surface area contributed by atoms with Crippen LogP contribution in [-0.2, 0) is 16.1 Å². The Bertz CT molecular complexity index is 1090. The van der Waals surface area contributed by atoms with Crippen molar-refractivity contribution in [3.8, 4) is 17.2 Å². The number of fused-ring (bicyclic) bond motifs is 1. The van der Waals surface area contributed by atoms with Gasteiger partial charge in [-0.1, -0.05) is 18.2 Å². The average molecular weight is 435 g/mol. The first-order valence-corrected chi connectivity index (χ1v) is 10.6. The molecule has 0 unspecified atom stereocenters. The van der Waals surface area contributed by atoms with Crippen molar-refractivity contribution in [1.82, 2.24) is 14.7 Å². The molecule has 0 N–H and O–H groups in total. The number of carbonyl (C=O) groups excluding carboxylic acids is 2. The molecule has 1 fully saturated rings. The van der Waals surface area contributed by atoms with Crippen molar-refractivity contribution >= 4 is 17.4 Å². The molecule has 2 amide bonds. The zero-order valence-electron chi connectivity index (χ0n) is 18.2. The fourth-order valence-electron chi connectivity index (χ4n) is 4.27. The fraction of sp³-hybridized carbons (Fsp3) is 0.333. The minimum absolute atomic E-state index is 0.172. The Morgan fingerprint density at radius 3 is 2.34 bits per heavy atom. The number of hydrogen-bond donors (Lipinski definition) is 0. The second kappa shape index (κ2) is 8.20. The lowest BCUT2D eigenvalue weighted by atomic mass is 10.0. The molecule has 1 saturated heterocycles. The molecule has 0 bridgehead atoms. The van der Waals surface area contributed by atoms with E-state index in [-0.39, 0.29) is 25.2 Å². The normalized spacial score (nSPS) is 18.7. The summed E-state index contributed by atoms with van der Waals surface area (Å²) in [7, 11) is 3.66. The molecule has 0 atom stereocenters. The van der Waals surface area contributed by atoms with Crippen LogP contribution in [0.2, 0.25) is 0 Å². The zero-order chi connectivity index (χ0) is 22.2. The SMILES string of the molecule is COc1ccc(C2=C(N3CCN(C)CC3)C(=O)N(Cc3ccc4c(c3)OCO4)C2=O)cc1. The first-order valence-electron chi connectivity index (χ1n) is 10.6. The van der Waals surface area contributed by atoms with Crippen molar-refractivity contribution in [2.45, 2.75) is 6.54 Å². The summed E-state index contributed by atoms with van der Waals surface area (Å²) < 4.78 is 16.1. The van der Waals surface area contributed by atoms with Crippen LogP contribution in [0.25, 0.3) is 5.57 Å². The summed E-state index contributed by atoms with van der Waals surface area (Å²) in [4.78, 5) is 32.7. The number of likely N-dealkylation sites (N-methyl/N-ethyl adjacent to an activating group) is 1. The molecule has 3 aliphatic rings. The Morgan fingerprint density at radius 1 is 0.906 bits per heavy atom. The lowest BCUT2D eigenvalue weighted by Gasteiger charge is -2.34. The van der Waals surface area contributed by atoms with E-state index >= 15 is 0 Å². The Kier molecular flexibility index (Phi) is 5.22. The summed E-state index contributed by atoms with van der Waals surface area (Å²) >= 11 is 0. The van der Waals surface area contributed by atoms with E-state index in [2.05, 4.69) is 11.9 Å². The van der Waals surface area contributed by atoms with Crippen LogP contribution in [0.4, 0.5) is 0 Å². The van der Waals surface area contributed by atoms with E-state index < -0.39 is 0 Å². The molecule has 0 radical (unpaired) electrons. The number of carbonyl (C=O) groups is 2. The third-order valence-corrected chi connectivity index (χ3v) is 6.12. The van der Waals surface area contributed by atoms with E-state index in [9.17, 15) is 9.59 Å². The van der Waals surface area contributed by atoms with E-state index in [0.717, 1.165) is 18.7 Å². The fourth-order valence-corrected chi connectivity index (χ4v) is 4.27. The molecule has 0 aliphatic carbocycles. The van der Waals surface area contributed by atoms with Crippen LogP contribution >= 0.6 is 0 Å². The lowest BCUT2D eigenvalue weighted by molar-refractivity contribution is -0.138. The topological polar surface area (TPSA) is 71.6 Å². The van der Waals surface area contributed by atoms with E-state index in [0.29, 0.717) is 47.2 Å². The molecule has 0 spiro atoms. The molecule has 0 saturated carbocycles. The van der Waals surface area contributed by atoms with Gasteiger partial charge in [-0.3, -0.25) is 14.5 Å². The Hall–Kier alpha value is -3.52. The van der Waals surface area contributed by atoms with Crippen LogP contribution in [-0.4, -0.2) is 73.6 Å². The van der Waals surface area contributed by atoms with Gasteiger partial charge in [-0.25, -0.2) is 0 Å². The zero-order valence-corrected chi connectivity index (χ0v) is 18.2. The molecular weight excluding hydrogens is 410 g/mol. The van der Waals surface area contributed by atoms with Gasteiger partial charge in [-0.2, -0.15) is 0 Å². The predicted molar refractivity (Wildman–Crippen MR) is 117 cm³/mol. The number of amides is 2. The maximum atomic E-state index is 13.6. The van der Waals surface area contributed by atoms with Crippen molar-refractivity contribution in [3.63, 3.8) is 0 Å². The molecule has 32 heavy (non-hydrogen) atoms. The monoisotopic (exact) mass is 435 g/mol. The van der Waals surface area contributed by atoms with Crippen molar-refractivity contribution in [1.29, 1.82) is 0 Å². The summed E-state index contributed by atoms with van der Waals surface area (Å²) in [5.41, 5.74) is 2.45. The number of methoxy groups -OCH3 is 1. The Labute approximate surface area is 186 Å². The summed E-state index contributed by atoms with van der Waals surface area (Å²) in [5.74, 6) is 1.45. The quantitative estimate of drug-likeness (QED) is 0.665. The van der Waals surface area contributed by atoms with E-state index in [4.69, 9.17) is 14.2 Å². The number of imide groups is 1. The molecule has 5 rings (SSSR count). The van der Waals surface area contributed by atoms with E-state index in [1.165, 1.54) is 4.90 Å². The minimum Gasteiger partial charge on any atom is -0.497 e. The number of benzene rings is 2. The van der Waals surface area contributed by atoms with Gasteiger partial charge >= 0.3 is 0 Å². The molecule has 2 aromatic carbocycles. The molecule has 2 aromatic rings. The first-order chi connectivity index (χ1) is 15.5. The van der Waals surface area contributed by atoms with Crippen molar-refractivity contribution in [3.05, 3.63) is 59.3 Å². The van der Waals surface area contributed by atoms with Crippen molar-refractivity contribution in [2.75, 3.05) is 47.1 Å². The third-order valence-electron chi connectivity index (χ3n) is 6.12. The highest BCUT2D eigenvalue weighted by atomic mass is 16.7. The largest absolute Gasteiger partial charge is 0.497 e. The van der Waals surface area contributed by atoms with Gasteiger partial charge in [0.15, 0.2) is 11.5 Å². The number of nitrogens with zero attached hydrogens (tertiary/aromatic N) is 3. The number of ether oxygens (including phenoxy) is 3. The average Bonchev–Trinajstić information content (AvgIpc) is 3.37. The molecule has 166 valence electrons. The van der Waals surface area contributed by atoms with Gasteiger partial charge < -0.3 is 24.0 Å². The summed E-state index contributed by atoms with van der Waals surface area (Å²) in [6.45, 7) is 3.42. The standard InChI is InChI=1S/C24H25N3O5/c1-25-9-11-26(12-10-25)22-21(17-4-6-18(30-2)7-5-17)23(28)27(24(22)29)14-16-3-8-19-20(13-16)32-15-31-19/h3-8,13H,9-12,14-15H2,1-2H3. The van der Waals surface area contributed by atoms with E-state index in [1.807, 2.05) is 47.4 Å². The van der Waals surface area contributed by atoms with E-state index in [1.54, 1.807) is 7.11 Å². The van der Waals surface area contributed by atoms with Crippen LogP contribution < -0.4 is 14.2 Å². The summed E-state index contributed by atoms with van der Waals surface area (Å²) in [6, 6.07) is 12.8. The predicted octanol–water partition coefficient (Wildman–Crippen LogP) is 1.95. The van der Waals surface area contributed by atoms with Gasteiger partial charge in [0.1, 0.15) is 11.4 Å². The van der Waals surface area contributed by atoms with Gasteiger partial charge in [0.25, 0.3) is 11.8 Å². The lowest BCUT2D eigenvalue weighted by Crippen LogP contribution is -2.46. The van der Waals surface area contributed by atoms with Crippen molar-refractivity contribution in [2.24, 2.45) is 0 Å². The van der Waals surface area contributed by atoms with Crippen LogP contribution in [0.5, 0.6) is 17.2 Å². The molecule has 8 heteroatoms. The molecule has 3 aliphatic heterocycles. The number of hydrogen-bond acceptors (Lipinski definition) is 7. The summed E-state index contributed by atoms with van der Waals surface area (Å²) in [5, 5.41) is 0. The smallest absolute Gasteiger partial charge is 0.278 e. The van der Waals surface area contributed by atoms with Gasteiger partial charge in [-0.05, 0) is 42.4 Å². The highest BCUT2D eigenvalue weighted by Gasteiger charge is 2.42. The maximum Gasteiger partial charge on any atom is 0.278 e. The third kappa shape index (κ3) is 3.56. The van der Waals surface area contributed by atoms with Crippen LogP contribution in [0.3, 0.4) is 0 Å². The molecular formula is C24H25N3O5. The van der Waals surface area contributed by atoms with Crippen LogP contribution in [0, 0.1) is 0 Å². The van der Waals surface area contributed by atoms with Gasteiger partial charge in [0.05, 0.1) is 19.2 Å². The molecule has 3 heterocycles. The highest BCUT2D eigenvalue weighted by Crippen LogP contribution is 2.36. The molecule has 8 nitrogen and oxygen atoms in total. The number of piperazine rings is 1. The number of rotatable bonds is 5. The Morgan fingerprint density at radius 2 is 1.62 bits per heavy atom. The molecule has 0 aromatic heterocycles. The van der Waals surface area contributed by atoms with Gasteiger partial charge in [-0.15, -0.1) is 0 Å². The minimum atomic E-state index is -0.285. The second-order valence-electron chi connectivity index (χ2n) is 8.13. The van der Waals surface area contributed by atoms with Crippen molar-refractivity contribution < 1.29 is 23.8 Å².